The monoisotopic (exact) mass is 373 g/mol. The van der Waals surface area contributed by atoms with E-state index in [9.17, 15) is 9.59 Å². The Morgan fingerprint density at radius 2 is 2.00 bits per heavy atom. The molecule has 0 fully saturated rings. The summed E-state index contributed by atoms with van der Waals surface area (Å²) in [6.07, 6.45) is 2.88. The number of carbonyl (C=O) groups excluding carboxylic acids is 2. The molecule has 1 aromatic carbocycles. The fourth-order valence-electron chi connectivity index (χ4n) is 3.18. The third-order valence-electron chi connectivity index (χ3n) is 4.57. The first kappa shape index (κ1) is 18.5. The zero-order valence-electron chi connectivity index (χ0n) is 15.3. The highest BCUT2D eigenvalue weighted by Gasteiger charge is 2.29. The summed E-state index contributed by atoms with van der Waals surface area (Å²) in [6, 6.07) is 6.88. The molecule has 0 saturated heterocycles. The van der Waals surface area contributed by atoms with Crippen LogP contribution in [0.25, 0.3) is 0 Å². The molecule has 5 nitrogen and oxygen atoms in total. The summed E-state index contributed by atoms with van der Waals surface area (Å²) in [5.74, 6) is 0.610. The minimum Gasteiger partial charge on any atom is -0.497 e. The predicted octanol–water partition coefficient (Wildman–Crippen LogP) is 4.31. The Morgan fingerprint density at radius 1 is 1.27 bits per heavy atom. The molecule has 138 valence electrons. The Kier molecular flexibility index (Phi) is 5.61. The number of amides is 1. The Labute approximate surface area is 157 Å². The Balaban J connectivity index is 1.90. The summed E-state index contributed by atoms with van der Waals surface area (Å²) in [7, 11) is 1.58. The van der Waals surface area contributed by atoms with E-state index in [0.29, 0.717) is 34.4 Å². The van der Waals surface area contributed by atoms with Gasteiger partial charge in [-0.05, 0) is 61.9 Å². The molecule has 26 heavy (non-hydrogen) atoms. The lowest BCUT2D eigenvalue weighted by molar-refractivity contribution is 0.0526. The first-order valence-electron chi connectivity index (χ1n) is 8.80. The molecule has 0 radical (unpaired) electrons. The van der Waals surface area contributed by atoms with Crippen molar-refractivity contribution < 1.29 is 19.1 Å². The van der Waals surface area contributed by atoms with E-state index in [1.165, 1.54) is 16.2 Å². The van der Waals surface area contributed by atoms with Crippen molar-refractivity contribution in [2.45, 2.75) is 33.1 Å². The number of esters is 1. The summed E-state index contributed by atoms with van der Waals surface area (Å²) in [6.45, 7) is 4.28. The van der Waals surface area contributed by atoms with Gasteiger partial charge in [0.15, 0.2) is 0 Å². The van der Waals surface area contributed by atoms with Crippen LogP contribution in [0.4, 0.5) is 5.00 Å². The third kappa shape index (κ3) is 3.75. The van der Waals surface area contributed by atoms with Crippen molar-refractivity contribution in [1.29, 1.82) is 0 Å². The van der Waals surface area contributed by atoms with Crippen LogP contribution in [0.15, 0.2) is 24.3 Å². The van der Waals surface area contributed by atoms with Crippen molar-refractivity contribution >= 4 is 28.2 Å². The van der Waals surface area contributed by atoms with Gasteiger partial charge in [0.05, 0.1) is 19.3 Å². The Bertz CT molecular complexity index is 810. The van der Waals surface area contributed by atoms with Gasteiger partial charge in [-0.2, -0.15) is 0 Å². The lowest BCUT2D eigenvalue weighted by atomic mass is 9.88. The zero-order valence-corrected chi connectivity index (χ0v) is 16.1. The highest BCUT2D eigenvalue weighted by Crippen LogP contribution is 2.40. The number of carbonyl (C=O) groups is 2. The molecular weight excluding hydrogens is 350 g/mol. The Hall–Kier alpha value is -2.34. The second kappa shape index (κ2) is 7.91. The molecule has 1 aromatic heterocycles. The van der Waals surface area contributed by atoms with Crippen LogP contribution in [0.3, 0.4) is 0 Å². The molecule has 1 atom stereocenters. The molecule has 0 spiro atoms. The van der Waals surface area contributed by atoms with E-state index in [1.54, 1.807) is 38.3 Å². The van der Waals surface area contributed by atoms with Gasteiger partial charge in [0.1, 0.15) is 10.8 Å². The normalized spacial score (nSPS) is 15.9. The maximum absolute atomic E-state index is 12.6. The summed E-state index contributed by atoms with van der Waals surface area (Å²) in [5, 5.41) is 3.50. The number of thiophene rings is 1. The molecule has 1 amide bonds. The number of ether oxygens (including phenoxy) is 2. The van der Waals surface area contributed by atoms with E-state index in [2.05, 4.69) is 12.2 Å². The zero-order chi connectivity index (χ0) is 18.7. The van der Waals surface area contributed by atoms with Crippen LogP contribution in [0, 0.1) is 5.92 Å². The molecule has 1 aliphatic carbocycles. The number of benzene rings is 1. The van der Waals surface area contributed by atoms with Gasteiger partial charge >= 0.3 is 5.97 Å². The fraction of sp³-hybridized carbons (Fsp3) is 0.400. The van der Waals surface area contributed by atoms with Crippen molar-refractivity contribution in [3.63, 3.8) is 0 Å². The Morgan fingerprint density at radius 3 is 2.65 bits per heavy atom. The summed E-state index contributed by atoms with van der Waals surface area (Å²) < 4.78 is 10.4. The van der Waals surface area contributed by atoms with Crippen LogP contribution in [-0.4, -0.2) is 25.6 Å². The van der Waals surface area contributed by atoms with Crippen molar-refractivity contribution in [3.05, 3.63) is 45.8 Å². The van der Waals surface area contributed by atoms with E-state index in [-0.39, 0.29) is 11.9 Å². The van der Waals surface area contributed by atoms with E-state index in [0.717, 1.165) is 24.8 Å². The molecule has 3 rings (SSSR count). The van der Waals surface area contributed by atoms with Crippen LogP contribution in [0.5, 0.6) is 5.75 Å². The molecule has 1 aliphatic rings. The highest BCUT2D eigenvalue weighted by atomic mass is 32.1. The van der Waals surface area contributed by atoms with Gasteiger partial charge in [-0.15, -0.1) is 11.3 Å². The average Bonchev–Trinajstić information content (AvgIpc) is 2.99. The molecule has 0 aliphatic heterocycles. The van der Waals surface area contributed by atoms with E-state index in [4.69, 9.17) is 9.47 Å². The minimum atomic E-state index is -0.357. The lowest BCUT2D eigenvalue weighted by Crippen LogP contribution is -2.17. The topological polar surface area (TPSA) is 64.6 Å². The average molecular weight is 373 g/mol. The summed E-state index contributed by atoms with van der Waals surface area (Å²) >= 11 is 1.49. The quantitative estimate of drug-likeness (QED) is 0.793. The molecule has 2 aromatic rings. The molecule has 0 unspecified atom stereocenters. The highest BCUT2D eigenvalue weighted by molar-refractivity contribution is 7.17. The lowest BCUT2D eigenvalue weighted by Gasteiger charge is -2.18. The third-order valence-corrected chi connectivity index (χ3v) is 5.77. The number of hydrogen-bond donors (Lipinski definition) is 1. The van der Waals surface area contributed by atoms with Crippen LogP contribution in [0.2, 0.25) is 0 Å². The van der Waals surface area contributed by atoms with Gasteiger partial charge in [-0.1, -0.05) is 6.92 Å². The summed E-state index contributed by atoms with van der Waals surface area (Å²) in [5.41, 5.74) is 2.08. The number of rotatable bonds is 5. The van der Waals surface area contributed by atoms with E-state index >= 15 is 0 Å². The van der Waals surface area contributed by atoms with Gasteiger partial charge < -0.3 is 14.8 Å². The molecule has 6 heteroatoms. The fourth-order valence-corrected chi connectivity index (χ4v) is 4.41. The van der Waals surface area contributed by atoms with Crippen molar-refractivity contribution in [1.82, 2.24) is 0 Å². The molecule has 1 N–H and O–H groups in total. The smallest absolute Gasteiger partial charge is 0.341 e. The standard InChI is InChI=1S/C20H23NO4S/c1-4-25-20(23)17-15-11-12(2)5-10-16(15)26-19(17)21-18(22)13-6-8-14(24-3)9-7-13/h6-9,12H,4-5,10-11H2,1-3H3,(H,21,22)/t12-/m0/s1. The molecule has 1 heterocycles. The van der Waals surface area contributed by atoms with Crippen molar-refractivity contribution in [2.75, 3.05) is 19.0 Å². The summed E-state index contributed by atoms with van der Waals surface area (Å²) in [4.78, 5) is 26.3. The largest absolute Gasteiger partial charge is 0.497 e. The van der Waals surface area contributed by atoms with Gasteiger partial charge in [0.25, 0.3) is 5.91 Å². The van der Waals surface area contributed by atoms with E-state index in [1.807, 2.05) is 0 Å². The second-order valence-corrected chi connectivity index (χ2v) is 7.56. The molecule has 0 bridgehead atoms. The van der Waals surface area contributed by atoms with Gasteiger partial charge in [0, 0.05) is 10.4 Å². The first-order chi connectivity index (χ1) is 12.5. The van der Waals surface area contributed by atoms with Gasteiger partial charge in [0.2, 0.25) is 0 Å². The minimum absolute atomic E-state index is 0.246. The van der Waals surface area contributed by atoms with Crippen LogP contribution in [-0.2, 0) is 17.6 Å². The molecule has 0 saturated carbocycles. The molecular formula is C20H23NO4S. The van der Waals surface area contributed by atoms with Gasteiger partial charge in [-0.25, -0.2) is 4.79 Å². The predicted molar refractivity (Wildman–Crippen MR) is 102 cm³/mol. The SMILES string of the molecule is CCOC(=O)c1c(NC(=O)c2ccc(OC)cc2)sc2c1C[C@@H](C)CC2. The van der Waals surface area contributed by atoms with Crippen LogP contribution >= 0.6 is 11.3 Å². The van der Waals surface area contributed by atoms with Crippen LogP contribution < -0.4 is 10.1 Å². The van der Waals surface area contributed by atoms with E-state index < -0.39 is 0 Å². The second-order valence-electron chi connectivity index (χ2n) is 6.46. The van der Waals surface area contributed by atoms with Gasteiger partial charge in [-0.3, -0.25) is 4.79 Å². The number of nitrogens with one attached hydrogen (secondary N) is 1. The number of methoxy groups -OCH3 is 1. The maximum atomic E-state index is 12.6. The first-order valence-corrected chi connectivity index (χ1v) is 9.62. The van der Waals surface area contributed by atoms with Crippen LogP contribution in [0.1, 0.15) is 51.4 Å². The van der Waals surface area contributed by atoms with Crippen molar-refractivity contribution in [2.24, 2.45) is 5.92 Å². The number of anilines is 1. The van der Waals surface area contributed by atoms with Crippen molar-refractivity contribution in [3.8, 4) is 5.75 Å². The number of hydrogen-bond acceptors (Lipinski definition) is 5. The number of fused-ring (bicyclic) bond motifs is 1. The number of aryl methyl sites for hydroxylation is 1. The maximum Gasteiger partial charge on any atom is 0.341 e.